The van der Waals surface area contributed by atoms with Crippen LogP contribution in [-0.2, 0) is 61.9 Å². The van der Waals surface area contributed by atoms with Crippen LogP contribution in [0.3, 0.4) is 0 Å². The molecule has 4 unspecified atom stereocenters. The molecule has 149 heavy (non-hydrogen) atoms. The molecule has 0 aromatic carbocycles. The zero-order valence-corrected chi connectivity index (χ0v) is 101. The highest BCUT2D eigenvalue weighted by Crippen LogP contribution is 2.38. The van der Waals surface area contributed by atoms with E-state index in [0.717, 1.165) is 109 Å². The first-order valence-corrected chi connectivity index (χ1v) is 64.8. The van der Waals surface area contributed by atoms with E-state index in [1.807, 2.05) is 25.2 Å². The van der Waals surface area contributed by atoms with Crippen molar-refractivity contribution < 1.29 is 82.3 Å². The Hall–Kier alpha value is -3.71. The number of hydrogen-bond donors (Lipinski definition) is 4. The minimum Gasteiger partial charge on any atom is -0.463 e. The number of carbonyl (C=O) groups excluding carboxylic acids is 5. The van der Waals surface area contributed by atoms with Crippen molar-refractivity contribution in [2.24, 2.45) is 53.3 Å². The maximum absolute atomic E-state index is 15.1. The SMILES string of the molecule is CCCCCCCCCCCCCCCCCC[C@H](C)C[C@H](C)/C=C(\C)C(=O)O[C@@H]1C(CO)O[C@H](O[C@H]2OC(COC(=O)[C@@H](C)[C@@H](O)[C@@H](C)C[C@@H](C)CCCCCCCCCCCCCCCCCC)[C@@H](O)C(OC(=O)/C(C)=C/[C@@H](C)C[C@@H](C)CCCCCCCCCCCCCCCC)[C@H]2OC(=O)CCCCCCCCCCCCCCC)[C@@H](OC(=O)/C(C)=C/[C@@H](C)C[C@@H](C)CCCCCCCCCCCCCCCC)C1O. The Morgan fingerprint density at radius 1 is 0.282 bits per heavy atom. The standard InChI is InChI=1S/C132H246O17/c1-18-23-28-33-38-43-48-53-57-59-64-68-73-78-81-86-91-105(6)96-109(10)100-113(14)127(138)146-123-117(103-133)143-131(125(122(123)137)148-129(140)115(16)102-111(12)98-107(8)93-88-83-77-72-67-63-56-51-46-41-36-31-26-21-4)149-132-126(145-119(134)95-90-85-80-75-70-61-52-47-42-37-32-27-22-5)124(147-128(139)114(15)101-110(11)97-106(7)92-87-82-76-71-66-62-55-50-45-40-35-30-25-20-3)121(136)118(144-132)104-142-130(141)116(17)120(135)112(13)99-108(9)94-89-84-79-74-69-65-60-58-54-49-44-39-34-29-24-19-2/h100-102,105-112,116-118,120-126,131-133,135-137H,18-99,103-104H2,1-17H3/b113-100+,114-101+,115-102+/t105-,106-,107-,108-,109-,110-,111-,112-,116-,117?,118?,120-,121+,122?,123+,124?,125-,126+,131+,132+/m0/s1. The number of hydrogen-bond acceptors (Lipinski definition) is 17. The zero-order valence-electron chi connectivity index (χ0n) is 101. The molecule has 0 aromatic heterocycles. The summed E-state index contributed by atoms with van der Waals surface area (Å²) in [5.74, 6) is -3.89. The van der Waals surface area contributed by atoms with Gasteiger partial charge in [-0.05, 0) is 107 Å². The lowest BCUT2D eigenvalue weighted by atomic mass is 9.85. The summed E-state index contributed by atoms with van der Waals surface area (Å²) in [4.78, 5) is 74.3. The van der Waals surface area contributed by atoms with Crippen LogP contribution in [0.5, 0.6) is 0 Å². The predicted molar refractivity (Wildman–Crippen MR) is 625 cm³/mol. The van der Waals surface area contributed by atoms with E-state index in [2.05, 4.69) is 83.1 Å². The highest BCUT2D eigenvalue weighted by Gasteiger charge is 2.56. The Morgan fingerprint density at radius 2 is 0.517 bits per heavy atom. The van der Waals surface area contributed by atoms with Crippen molar-refractivity contribution in [3.8, 4) is 0 Å². The average molecular weight is 2110 g/mol. The lowest BCUT2D eigenvalue weighted by Crippen LogP contribution is -2.66. The minimum absolute atomic E-state index is 0.0113. The summed E-state index contributed by atoms with van der Waals surface area (Å²) in [7, 11) is 0. The molecular weight excluding hydrogens is 1860 g/mol. The van der Waals surface area contributed by atoms with Gasteiger partial charge in [-0.3, -0.25) is 9.59 Å². The number of allylic oxidation sites excluding steroid dienone is 3. The molecule has 0 radical (unpaired) electrons. The molecule has 0 saturated carbocycles. The van der Waals surface area contributed by atoms with Gasteiger partial charge >= 0.3 is 29.8 Å². The summed E-state index contributed by atoms with van der Waals surface area (Å²) in [6.45, 7) is 33.6. The third-order valence-corrected chi connectivity index (χ3v) is 32.9. The second-order valence-electron chi connectivity index (χ2n) is 48.6. The number of carbonyl (C=O) groups is 5. The predicted octanol–water partition coefficient (Wildman–Crippen LogP) is 37.4. The number of unbranched alkanes of at least 4 members (excludes halogenated alkanes) is 68. The van der Waals surface area contributed by atoms with Gasteiger partial charge in [0.25, 0.3) is 0 Å². The summed E-state index contributed by atoms with van der Waals surface area (Å²) >= 11 is 0. The molecule has 0 aromatic rings. The Balaban J connectivity index is 2.70. The fraction of sp³-hybridized carbons (Fsp3) is 0.917. The maximum Gasteiger partial charge on any atom is 0.333 e. The van der Waals surface area contributed by atoms with E-state index in [0.29, 0.717) is 36.5 Å². The van der Waals surface area contributed by atoms with E-state index in [9.17, 15) is 34.8 Å². The van der Waals surface area contributed by atoms with Crippen molar-refractivity contribution in [1.29, 1.82) is 0 Å². The maximum atomic E-state index is 15.1. The second kappa shape index (κ2) is 96.4. The zero-order chi connectivity index (χ0) is 109. The topological polar surface area (TPSA) is 240 Å². The van der Waals surface area contributed by atoms with E-state index in [1.54, 1.807) is 27.7 Å². The first kappa shape index (κ1) is 141. The van der Waals surface area contributed by atoms with Crippen molar-refractivity contribution in [3.63, 3.8) is 0 Å². The lowest BCUT2D eigenvalue weighted by molar-refractivity contribution is -0.377. The third kappa shape index (κ3) is 74.3. The minimum atomic E-state index is -1.94. The van der Waals surface area contributed by atoms with Gasteiger partial charge in [-0.15, -0.1) is 0 Å². The summed E-state index contributed by atoms with van der Waals surface area (Å²) in [6, 6.07) is 0. The molecule has 2 aliphatic rings. The molecule has 2 heterocycles. The fourth-order valence-electron chi connectivity index (χ4n) is 23.3. The second-order valence-corrected chi connectivity index (χ2v) is 48.6. The molecule has 0 aliphatic carbocycles. The molecular formula is C132H246O17. The van der Waals surface area contributed by atoms with Crippen molar-refractivity contribution in [1.82, 2.24) is 0 Å². The highest BCUT2D eigenvalue weighted by atomic mass is 16.8. The van der Waals surface area contributed by atoms with Crippen LogP contribution in [0.4, 0.5) is 0 Å². The number of rotatable bonds is 104. The Morgan fingerprint density at radius 3 is 0.792 bits per heavy atom. The van der Waals surface area contributed by atoms with Gasteiger partial charge in [-0.25, -0.2) is 14.4 Å². The van der Waals surface area contributed by atoms with Crippen LogP contribution in [0, 0.1) is 53.3 Å². The average Bonchev–Trinajstić information content (AvgIpc) is 0.768. The summed E-state index contributed by atoms with van der Waals surface area (Å²) in [6.07, 6.45) is 86.5. The molecule has 17 heteroatoms. The van der Waals surface area contributed by atoms with E-state index in [-0.39, 0.29) is 46.8 Å². The summed E-state index contributed by atoms with van der Waals surface area (Å²) < 4.78 is 52.2. The number of aliphatic hydroxyl groups excluding tert-OH is 4. The molecule has 2 saturated heterocycles. The monoisotopic (exact) mass is 2100 g/mol. The van der Waals surface area contributed by atoms with E-state index < -0.39 is 116 Å². The van der Waals surface area contributed by atoms with Gasteiger partial charge in [0.1, 0.15) is 31.0 Å². The molecule has 2 fully saturated rings. The van der Waals surface area contributed by atoms with Crippen LogP contribution in [0.25, 0.3) is 0 Å². The van der Waals surface area contributed by atoms with E-state index in [1.165, 1.54) is 398 Å². The molecule has 17 nitrogen and oxygen atoms in total. The first-order chi connectivity index (χ1) is 72.2. The van der Waals surface area contributed by atoms with Gasteiger partial charge in [0, 0.05) is 23.1 Å². The van der Waals surface area contributed by atoms with Gasteiger partial charge in [0.05, 0.1) is 18.6 Å². The smallest absolute Gasteiger partial charge is 0.333 e. The van der Waals surface area contributed by atoms with Gasteiger partial charge in [0.15, 0.2) is 24.4 Å². The fourth-order valence-corrected chi connectivity index (χ4v) is 23.3. The lowest BCUT2D eigenvalue weighted by Gasteiger charge is -2.47. The van der Waals surface area contributed by atoms with Crippen LogP contribution in [-0.4, -0.2) is 131 Å². The summed E-state index contributed by atoms with van der Waals surface area (Å²) in [5, 5.41) is 49.6. The van der Waals surface area contributed by atoms with E-state index >= 15 is 9.59 Å². The molecule has 0 amide bonds. The van der Waals surface area contributed by atoms with Crippen LogP contribution >= 0.6 is 0 Å². The summed E-state index contributed by atoms with van der Waals surface area (Å²) in [5.41, 5.74) is 0.768. The Bertz CT molecular complexity index is 3210. The normalized spacial score (nSPS) is 20.4. The van der Waals surface area contributed by atoms with Crippen molar-refractivity contribution in [3.05, 3.63) is 34.9 Å². The first-order valence-electron chi connectivity index (χ1n) is 64.8. The van der Waals surface area contributed by atoms with Crippen molar-refractivity contribution >= 4 is 29.8 Å². The van der Waals surface area contributed by atoms with Gasteiger partial charge in [-0.1, -0.05) is 596 Å². The van der Waals surface area contributed by atoms with Crippen LogP contribution in [0.1, 0.15) is 644 Å². The molecule has 0 bridgehead atoms. The number of esters is 5. The highest BCUT2D eigenvalue weighted by molar-refractivity contribution is 5.89. The Kier molecular flexibility index (Phi) is 91.5. The third-order valence-electron chi connectivity index (χ3n) is 32.9. The van der Waals surface area contributed by atoms with Crippen LogP contribution in [0.2, 0.25) is 0 Å². The molecule has 4 N–H and O–H groups in total. The molecule has 2 rings (SSSR count). The van der Waals surface area contributed by atoms with Gasteiger partial charge in [-0.2, -0.15) is 0 Å². The van der Waals surface area contributed by atoms with E-state index in [4.69, 9.17) is 37.9 Å². The van der Waals surface area contributed by atoms with Crippen molar-refractivity contribution in [2.45, 2.75) is 712 Å². The van der Waals surface area contributed by atoms with Crippen LogP contribution in [0.15, 0.2) is 34.9 Å². The number of ether oxygens (including phenoxy) is 8. The van der Waals surface area contributed by atoms with Crippen LogP contribution < -0.4 is 0 Å². The quantitative estimate of drug-likeness (QED) is 0.0192. The molecule has 2 aliphatic heterocycles. The largest absolute Gasteiger partial charge is 0.463 e. The number of aliphatic hydroxyl groups is 4. The molecule has 876 valence electrons. The van der Waals surface area contributed by atoms with Crippen molar-refractivity contribution in [2.75, 3.05) is 13.2 Å². The van der Waals surface area contributed by atoms with Gasteiger partial charge < -0.3 is 58.3 Å². The molecule has 20 atom stereocenters. The Labute approximate surface area is 919 Å². The van der Waals surface area contributed by atoms with Gasteiger partial charge in [0.2, 0.25) is 12.6 Å². The molecule has 0 spiro atoms.